The van der Waals surface area contributed by atoms with Crippen LogP contribution in [-0.2, 0) is 9.59 Å². The summed E-state index contributed by atoms with van der Waals surface area (Å²) in [5.41, 5.74) is 4.56. The molecule has 168 valence electrons. The van der Waals surface area contributed by atoms with Gasteiger partial charge in [-0.15, -0.1) is 0 Å². The number of amides is 2. The van der Waals surface area contributed by atoms with Crippen LogP contribution in [0, 0.1) is 6.92 Å². The summed E-state index contributed by atoms with van der Waals surface area (Å²) in [6, 6.07) is 19.6. The molecule has 4 rings (SSSR count). The van der Waals surface area contributed by atoms with Crippen LogP contribution in [0.25, 0.3) is 6.08 Å². The molecule has 1 fully saturated rings. The summed E-state index contributed by atoms with van der Waals surface area (Å²) in [4.78, 5) is 25.4. The monoisotopic (exact) mass is 482 g/mol. The number of para-hydroxylation sites is 1. The summed E-state index contributed by atoms with van der Waals surface area (Å²) < 4.78 is 11.6. The maximum absolute atomic E-state index is 12.9. The van der Waals surface area contributed by atoms with Crippen molar-refractivity contribution in [2.75, 3.05) is 18.2 Å². The Labute approximate surface area is 201 Å². The van der Waals surface area contributed by atoms with E-state index in [2.05, 4.69) is 5.43 Å². The zero-order valence-electron chi connectivity index (χ0n) is 17.7. The van der Waals surface area contributed by atoms with Gasteiger partial charge < -0.3 is 9.47 Å². The SMILES string of the molecule is Cc1cccc(OCCOc2c(Cl)cc(Cl)cc2C=C2C(=O)NN(c3ccccc3)C2=O)c1. The molecule has 1 saturated heterocycles. The van der Waals surface area contributed by atoms with Crippen molar-refractivity contribution in [2.24, 2.45) is 0 Å². The minimum absolute atomic E-state index is 0.0574. The zero-order valence-corrected chi connectivity index (χ0v) is 19.2. The lowest BCUT2D eigenvalue weighted by atomic mass is 10.1. The summed E-state index contributed by atoms with van der Waals surface area (Å²) in [6.45, 7) is 2.46. The smallest absolute Gasteiger partial charge is 0.282 e. The van der Waals surface area contributed by atoms with E-state index in [1.807, 2.05) is 37.3 Å². The normalized spacial score (nSPS) is 14.5. The van der Waals surface area contributed by atoms with Crippen LogP contribution in [0.2, 0.25) is 10.0 Å². The van der Waals surface area contributed by atoms with Gasteiger partial charge in [0, 0.05) is 10.6 Å². The van der Waals surface area contributed by atoms with Gasteiger partial charge in [0.25, 0.3) is 11.8 Å². The molecular weight excluding hydrogens is 463 g/mol. The van der Waals surface area contributed by atoms with Crippen molar-refractivity contribution >= 4 is 46.8 Å². The van der Waals surface area contributed by atoms with Crippen molar-refractivity contribution in [1.29, 1.82) is 0 Å². The lowest BCUT2D eigenvalue weighted by Crippen LogP contribution is -2.35. The number of anilines is 1. The third kappa shape index (κ3) is 5.30. The highest BCUT2D eigenvalue weighted by molar-refractivity contribution is 6.36. The van der Waals surface area contributed by atoms with Crippen LogP contribution >= 0.6 is 23.2 Å². The predicted molar refractivity (Wildman–Crippen MR) is 129 cm³/mol. The van der Waals surface area contributed by atoms with Crippen molar-refractivity contribution in [1.82, 2.24) is 5.43 Å². The first-order valence-corrected chi connectivity index (χ1v) is 10.9. The summed E-state index contributed by atoms with van der Waals surface area (Å²) in [5, 5.41) is 1.80. The van der Waals surface area contributed by atoms with Gasteiger partial charge in [0.1, 0.15) is 30.3 Å². The Bertz CT molecular complexity index is 1230. The third-order valence-corrected chi connectivity index (χ3v) is 5.33. The molecule has 6 nitrogen and oxygen atoms in total. The predicted octanol–water partition coefficient (Wildman–Crippen LogP) is 5.22. The number of carbonyl (C=O) groups is 2. The van der Waals surface area contributed by atoms with E-state index in [9.17, 15) is 9.59 Å². The Morgan fingerprint density at radius 2 is 1.70 bits per heavy atom. The molecule has 0 atom stereocenters. The molecule has 0 aromatic heterocycles. The first kappa shape index (κ1) is 22.7. The van der Waals surface area contributed by atoms with Crippen LogP contribution in [0.4, 0.5) is 5.69 Å². The second-order valence-corrected chi connectivity index (χ2v) is 8.14. The van der Waals surface area contributed by atoms with Crippen molar-refractivity contribution in [3.63, 3.8) is 0 Å². The number of benzene rings is 3. The Morgan fingerprint density at radius 3 is 2.45 bits per heavy atom. The summed E-state index contributed by atoms with van der Waals surface area (Å²) >= 11 is 12.5. The minimum Gasteiger partial charge on any atom is -0.490 e. The number of hydrazine groups is 1. The van der Waals surface area contributed by atoms with Gasteiger partial charge in [0.2, 0.25) is 0 Å². The van der Waals surface area contributed by atoms with E-state index in [-0.39, 0.29) is 23.8 Å². The number of carbonyl (C=O) groups excluding carboxylic acids is 2. The quantitative estimate of drug-likeness (QED) is 0.284. The average Bonchev–Trinajstić information content (AvgIpc) is 3.07. The largest absolute Gasteiger partial charge is 0.490 e. The first-order chi connectivity index (χ1) is 15.9. The second-order valence-electron chi connectivity index (χ2n) is 7.29. The molecule has 2 amide bonds. The topological polar surface area (TPSA) is 67.9 Å². The molecule has 0 radical (unpaired) electrons. The molecule has 8 heteroatoms. The highest BCUT2D eigenvalue weighted by atomic mass is 35.5. The van der Waals surface area contributed by atoms with Gasteiger partial charge in [0.05, 0.1) is 10.7 Å². The van der Waals surface area contributed by atoms with Crippen LogP contribution in [0.1, 0.15) is 11.1 Å². The zero-order chi connectivity index (χ0) is 23.4. The molecule has 1 N–H and O–H groups in total. The number of halogens is 2. The van der Waals surface area contributed by atoms with Gasteiger partial charge in [-0.3, -0.25) is 15.0 Å². The van der Waals surface area contributed by atoms with Crippen molar-refractivity contribution in [2.45, 2.75) is 6.92 Å². The molecule has 33 heavy (non-hydrogen) atoms. The molecular formula is C25H20Cl2N2O4. The Kier molecular flexibility index (Phi) is 6.87. The fourth-order valence-corrected chi connectivity index (χ4v) is 3.88. The van der Waals surface area contributed by atoms with E-state index in [1.165, 1.54) is 17.2 Å². The summed E-state index contributed by atoms with van der Waals surface area (Å²) in [5.74, 6) is 0.0160. The van der Waals surface area contributed by atoms with E-state index < -0.39 is 11.8 Å². The summed E-state index contributed by atoms with van der Waals surface area (Å²) in [7, 11) is 0. The summed E-state index contributed by atoms with van der Waals surface area (Å²) in [6.07, 6.45) is 1.43. The molecule has 0 aliphatic carbocycles. The molecule has 0 bridgehead atoms. The van der Waals surface area contributed by atoms with Crippen LogP contribution in [0.15, 0.2) is 72.3 Å². The molecule has 1 aliphatic heterocycles. The third-order valence-electron chi connectivity index (χ3n) is 4.83. The van der Waals surface area contributed by atoms with Gasteiger partial charge in [-0.2, -0.15) is 0 Å². The number of aryl methyl sites for hydroxylation is 1. The Hall–Kier alpha value is -3.48. The number of hydrogen-bond donors (Lipinski definition) is 1. The second kappa shape index (κ2) is 9.98. The van der Waals surface area contributed by atoms with Crippen LogP contribution in [0.5, 0.6) is 11.5 Å². The number of hydrogen-bond acceptors (Lipinski definition) is 4. The lowest BCUT2D eigenvalue weighted by Gasteiger charge is -2.14. The minimum atomic E-state index is -0.534. The van der Waals surface area contributed by atoms with E-state index in [1.54, 1.807) is 30.3 Å². The van der Waals surface area contributed by atoms with Gasteiger partial charge in [0.15, 0.2) is 0 Å². The number of rotatable bonds is 7. The van der Waals surface area contributed by atoms with Crippen molar-refractivity contribution in [3.8, 4) is 11.5 Å². The van der Waals surface area contributed by atoms with Gasteiger partial charge >= 0.3 is 0 Å². The molecule has 3 aromatic rings. The average molecular weight is 483 g/mol. The van der Waals surface area contributed by atoms with Crippen molar-refractivity contribution in [3.05, 3.63) is 93.5 Å². The lowest BCUT2D eigenvalue weighted by molar-refractivity contribution is -0.117. The standard InChI is InChI=1S/C25H20Cl2N2O4/c1-16-6-5-9-20(12-16)32-10-11-33-23-17(13-18(26)15-22(23)27)14-21-24(30)28-29(25(21)31)19-7-3-2-4-8-19/h2-9,12-15H,10-11H2,1H3,(H,28,30). The van der Waals surface area contributed by atoms with E-state index in [0.717, 1.165) is 11.3 Å². The number of ether oxygens (including phenoxy) is 2. The van der Waals surface area contributed by atoms with Crippen LogP contribution in [-0.4, -0.2) is 25.0 Å². The van der Waals surface area contributed by atoms with Crippen LogP contribution < -0.4 is 19.9 Å². The van der Waals surface area contributed by atoms with Crippen LogP contribution in [0.3, 0.4) is 0 Å². The highest BCUT2D eigenvalue weighted by Crippen LogP contribution is 2.35. The van der Waals surface area contributed by atoms with Crippen molar-refractivity contribution < 1.29 is 19.1 Å². The highest BCUT2D eigenvalue weighted by Gasteiger charge is 2.34. The fourth-order valence-electron chi connectivity index (χ4n) is 3.32. The number of nitrogens with zero attached hydrogens (tertiary/aromatic N) is 1. The molecule has 0 saturated carbocycles. The molecule has 1 heterocycles. The molecule has 3 aromatic carbocycles. The first-order valence-electron chi connectivity index (χ1n) is 10.2. The maximum Gasteiger partial charge on any atom is 0.282 e. The Morgan fingerprint density at radius 1 is 0.939 bits per heavy atom. The maximum atomic E-state index is 12.9. The van der Waals surface area contributed by atoms with E-state index >= 15 is 0 Å². The van der Waals surface area contributed by atoms with Gasteiger partial charge in [-0.05, 0) is 55.0 Å². The Balaban J connectivity index is 1.53. The van der Waals surface area contributed by atoms with Gasteiger partial charge in [-0.25, -0.2) is 5.01 Å². The molecule has 0 unspecified atom stereocenters. The fraction of sp³-hybridized carbons (Fsp3) is 0.120. The van der Waals surface area contributed by atoms with E-state index in [0.29, 0.717) is 22.0 Å². The molecule has 0 spiro atoms. The van der Waals surface area contributed by atoms with Gasteiger partial charge in [-0.1, -0.05) is 53.5 Å². The van der Waals surface area contributed by atoms with E-state index in [4.69, 9.17) is 32.7 Å². The molecule has 1 aliphatic rings. The number of nitrogens with one attached hydrogen (secondary N) is 1.